The molecule has 1 atom stereocenters. The zero-order valence-electron chi connectivity index (χ0n) is 8.52. The molecule has 0 saturated heterocycles. The molecular formula is C10H12O5. The third-order valence-corrected chi connectivity index (χ3v) is 2.02. The van der Waals surface area contributed by atoms with Gasteiger partial charge in [-0.25, -0.2) is 0 Å². The minimum Gasteiger partial charge on any atom is -0.463 e. The minimum atomic E-state index is -0.813. The van der Waals surface area contributed by atoms with Crippen molar-refractivity contribution in [2.75, 3.05) is 0 Å². The molecule has 0 spiro atoms. The largest absolute Gasteiger partial charge is 0.463 e. The van der Waals surface area contributed by atoms with E-state index in [1.165, 1.54) is 26.2 Å². The van der Waals surface area contributed by atoms with E-state index in [0.717, 1.165) is 0 Å². The Labute approximate surface area is 86.6 Å². The topological polar surface area (TPSA) is 76.7 Å². The van der Waals surface area contributed by atoms with Gasteiger partial charge in [-0.15, -0.1) is 0 Å². The van der Waals surface area contributed by atoms with Gasteiger partial charge in [0.15, 0.2) is 11.5 Å². The van der Waals surface area contributed by atoms with Crippen LogP contribution in [0.5, 0.6) is 5.75 Å². The van der Waals surface area contributed by atoms with Crippen LogP contribution in [0.3, 0.4) is 0 Å². The molecule has 0 aliphatic heterocycles. The Bertz CT molecular complexity index is 366. The van der Waals surface area contributed by atoms with Crippen LogP contribution in [0.4, 0.5) is 0 Å². The van der Waals surface area contributed by atoms with Crippen molar-refractivity contribution in [2.24, 2.45) is 5.92 Å². The van der Waals surface area contributed by atoms with Gasteiger partial charge in [-0.3, -0.25) is 9.59 Å². The number of ketones is 1. The predicted molar refractivity (Wildman–Crippen MR) is 50.1 cm³/mol. The number of furan rings is 1. The van der Waals surface area contributed by atoms with Crippen LogP contribution in [0.2, 0.25) is 0 Å². The third-order valence-electron chi connectivity index (χ3n) is 2.02. The molecule has 0 bridgehead atoms. The third kappa shape index (κ3) is 2.66. The number of rotatable bonds is 4. The molecule has 0 aliphatic carbocycles. The SMILES string of the molecule is CC(=O)C(C)C(=O)Oc1ccoc1CO. The monoisotopic (exact) mass is 212 g/mol. The molecule has 0 radical (unpaired) electrons. The van der Waals surface area contributed by atoms with E-state index < -0.39 is 11.9 Å². The van der Waals surface area contributed by atoms with Gasteiger partial charge in [0.1, 0.15) is 18.3 Å². The standard InChI is InChI=1S/C10H12O5/c1-6(7(2)12)10(13)15-8-3-4-14-9(8)5-11/h3-4,6,11H,5H2,1-2H3. The Kier molecular flexibility index (Phi) is 3.62. The second-order valence-corrected chi connectivity index (χ2v) is 3.12. The lowest BCUT2D eigenvalue weighted by atomic mass is 10.1. The van der Waals surface area contributed by atoms with Crippen molar-refractivity contribution >= 4 is 11.8 Å². The molecule has 1 aromatic rings. The lowest BCUT2D eigenvalue weighted by Gasteiger charge is -2.06. The van der Waals surface area contributed by atoms with Gasteiger partial charge >= 0.3 is 5.97 Å². The number of aliphatic hydroxyl groups excluding tert-OH is 1. The molecule has 1 heterocycles. The summed E-state index contributed by atoms with van der Waals surface area (Å²) in [4.78, 5) is 22.2. The first-order valence-electron chi connectivity index (χ1n) is 4.45. The van der Waals surface area contributed by atoms with E-state index >= 15 is 0 Å². The van der Waals surface area contributed by atoms with Crippen LogP contribution >= 0.6 is 0 Å². The zero-order valence-corrected chi connectivity index (χ0v) is 8.52. The Hall–Kier alpha value is -1.62. The highest BCUT2D eigenvalue weighted by Crippen LogP contribution is 2.20. The highest BCUT2D eigenvalue weighted by molar-refractivity contribution is 5.98. The molecule has 5 heteroatoms. The Balaban J connectivity index is 2.70. The fourth-order valence-electron chi connectivity index (χ4n) is 0.898. The summed E-state index contributed by atoms with van der Waals surface area (Å²) in [7, 11) is 0. The van der Waals surface area contributed by atoms with Gasteiger partial charge in [0.2, 0.25) is 0 Å². The zero-order chi connectivity index (χ0) is 11.4. The molecule has 0 aromatic carbocycles. The highest BCUT2D eigenvalue weighted by atomic mass is 16.5. The van der Waals surface area contributed by atoms with Crippen molar-refractivity contribution in [2.45, 2.75) is 20.5 Å². The second kappa shape index (κ2) is 4.75. The lowest BCUT2D eigenvalue weighted by Crippen LogP contribution is -2.23. The number of esters is 1. The van der Waals surface area contributed by atoms with E-state index in [0.29, 0.717) is 0 Å². The lowest BCUT2D eigenvalue weighted by molar-refractivity contribution is -0.142. The van der Waals surface area contributed by atoms with Crippen LogP contribution in [0.1, 0.15) is 19.6 Å². The summed E-state index contributed by atoms with van der Waals surface area (Å²) in [6, 6.07) is 1.41. The smallest absolute Gasteiger partial charge is 0.321 e. The van der Waals surface area contributed by atoms with Crippen LogP contribution in [-0.4, -0.2) is 16.9 Å². The maximum absolute atomic E-state index is 11.4. The number of hydrogen-bond donors (Lipinski definition) is 1. The molecule has 5 nitrogen and oxygen atoms in total. The van der Waals surface area contributed by atoms with E-state index in [2.05, 4.69) is 0 Å². The Morgan fingerprint density at radius 1 is 1.60 bits per heavy atom. The maximum atomic E-state index is 11.4. The summed E-state index contributed by atoms with van der Waals surface area (Å²) >= 11 is 0. The Morgan fingerprint density at radius 2 is 2.27 bits per heavy atom. The minimum absolute atomic E-state index is 0.149. The molecule has 15 heavy (non-hydrogen) atoms. The normalized spacial score (nSPS) is 12.2. The summed E-state index contributed by atoms with van der Waals surface area (Å²) in [5, 5.41) is 8.82. The van der Waals surface area contributed by atoms with Crippen molar-refractivity contribution < 1.29 is 23.8 Å². The first-order chi connectivity index (χ1) is 7.06. The summed E-state index contributed by atoms with van der Waals surface area (Å²) in [6.07, 6.45) is 1.30. The first-order valence-corrected chi connectivity index (χ1v) is 4.45. The molecular weight excluding hydrogens is 200 g/mol. The van der Waals surface area contributed by atoms with Crippen LogP contribution < -0.4 is 4.74 Å². The second-order valence-electron chi connectivity index (χ2n) is 3.12. The van der Waals surface area contributed by atoms with E-state index in [1.54, 1.807) is 0 Å². The number of aliphatic hydroxyl groups is 1. The van der Waals surface area contributed by atoms with Gasteiger partial charge in [-0.2, -0.15) is 0 Å². The van der Waals surface area contributed by atoms with Crippen molar-refractivity contribution in [1.29, 1.82) is 0 Å². The summed E-state index contributed by atoms with van der Waals surface area (Å²) < 4.78 is 9.73. The van der Waals surface area contributed by atoms with Crippen molar-refractivity contribution in [3.8, 4) is 5.75 Å². The molecule has 1 rings (SSSR count). The van der Waals surface area contributed by atoms with Crippen LogP contribution in [0, 0.1) is 5.92 Å². The fourth-order valence-corrected chi connectivity index (χ4v) is 0.898. The predicted octanol–water partition coefficient (Wildman–Crippen LogP) is 0.902. The van der Waals surface area contributed by atoms with Gasteiger partial charge in [0, 0.05) is 6.07 Å². The van der Waals surface area contributed by atoms with Gasteiger partial charge in [-0.1, -0.05) is 0 Å². The average molecular weight is 212 g/mol. The summed E-state index contributed by atoms with van der Waals surface area (Å²) in [5.41, 5.74) is 0. The van der Waals surface area contributed by atoms with Crippen molar-refractivity contribution in [3.63, 3.8) is 0 Å². The number of carbonyl (C=O) groups excluding carboxylic acids is 2. The van der Waals surface area contributed by atoms with Crippen molar-refractivity contribution in [1.82, 2.24) is 0 Å². The molecule has 0 aliphatic rings. The van der Waals surface area contributed by atoms with E-state index in [-0.39, 0.29) is 23.9 Å². The highest BCUT2D eigenvalue weighted by Gasteiger charge is 2.21. The molecule has 0 fully saturated rings. The number of hydrogen-bond acceptors (Lipinski definition) is 5. The maximum Gasteiger partial charge on any atom is 0.321 e. The molecule has 82 valence electrons. The van der Waals surface area contributed by atoms with Crippen molar-refractivity contribution in [3.05, 3.63) is 18.1 Å². The molecule has 1 N–H and O–H groups in total. The van der Waals surface area contributed by atoms with Gasteiger partial charge in [-0.05, 0) is 13.8 Å². The molecule has 0 saturated carbocycles. The van der Waals surface area contributed by atoms with Crippen LogP contribution in [0.25, 0.3) is 0 Å². The first kappa shape index (κ1) is 11.5. The van der Waals surface area contributed by atoms with Gasteiger partial charge < -0.3 is 14.3 Å². The summed E-state index contributed by atoms with van der Waals surface area (Å²) in [6.45, 7) is 2.42. The van der Waals surface area contributed by atoms with E-state index in [4.69, 9.17) is 14.3 Å². The Morgan fingerprint density at radius 3 is 2.80 bits per heavy atom. The van der Waals surface area contributed by atoms with E-state index in [9.17, 15) is 9.59 Å². The van der Waals surface area contributed by atoms with Gasteiger partial charge in [0.05, 0.1) is 6.26 Å². The molecule has 1 aromatic heterocycles. The quantitative estimate of drug-likeness (QED) is 0.592. The van der Waals surface area contributed by atoms with Crippen LogP contribution in [0.15, 0.2) is 16.7 Å². The van der Waals surface area contributed by atoms with Crippen LogP contribution in [-0.2, 0) is 16.2 Å². The molecule has 0 amide bonds. The number of Topliss-reactive ketones (excluding diaryl/α,β-unsaturated/α-hetero) is 1. The van der Waals surface area contributed by atoms with E-state index in [1.807, 2.05) is 0 Å². The van der Waals surface area contributed by atoms with Gasteiger partial charge in [0.25, 0.3) is 0 Å². The fraction of sp³-hybridized carbons (Fsp3) is 0.400. The summed E-state index contributed by atoms with van der Waals surface area (Å²) in [5.74, 6) is -1.42. The number of carbonyl (C=O) groups is 2. The number of ether oxygens (including phenoxy) is 1. The average Bonchev–Trinajstić information content (AvgIpc) is 2.63. The molecule has 1 unspecified atom stereocenters.